The van der Waals surface area contributed by atoms with Crippen molar-refractivity contribution in [1.82, 2.24) is 0 Å². The molecule has 0 bridgehead atoms. The average molecular weight is 433 g/mol. The summed E-state index contributed by atoms with van der Waals surface area (Å²) in [6, 6.07) is 8.37. The number of ether oxygens (including phenoxy) is 1. The standard InChI is InChI=1S/C16H14Cl2N2O6S/c1-2-26-16(21)10-19(12-5-8-14(17)15(18)9-12)27(24,25)13-6-3-11(4-7-13)20(22)23/h3-9H,2,10H2,1H3. The highest BCUT2D eigenvalue weighted by Gasteiger charge is 2.28. The van der Waals surface area contributed by atoms with Crippen molar-refractivity contribution in [3.63, 3.8) is 0 Å². The minimum Gasteiger partial charge on any atom is -0.465 e. The molecule has 0 N–H and O–H groups in total. The number of halogens is 2. The molecule has 11 heteroatoms. The summed E-state index contributed by atoms with van der Waals surface area (Å²) in [6.45, 7) is 1.06. The Bertz CT molecular complexity index is 963. The van der Waals surface area contributed by atoms with Gasteiger partial charge in [-0.15, -0.1) is 0 Å². The zero-order valence-electron chi connectivity index (χ0n) is 14.0. The van der Waals surface area contributed by atoms with Gasteiger partial charge in [0.1, 0.15) is 6.54 Å². The molecule has 0 atom stereocenters. The van der Waals surface area contributed by atoms with Crippen LogP contribution in [-0.4, -0.2) is 32.5 Å². The van der Waals surface area contributed by atoms with E-state index in [1.807, 2.05) is 0 Å². The second kappa shape index (κ2) is 8.55. The first-order valence-electron chi connectivity index (χ1n) is 7.54. The number of non-ortho nitro benzene ring substituents is 1. The third kappa shape index (κ3) is 4.88. The van der Waals surface area contributed by atoms with E-state index in [0.29, 0.717) is 0 Å². The van der Waals surface area contributed by atoms with Crippen molar-refractivity contribution in [3.05, 3.63) is 62.6 Å². The fraction of sp³-hybridized carbons (Fsp3) is 0.188. The van der Waals surface area contributed by atoms with Gasteiger partial charge in [0.2, 0.25) is 0 Å². The van der Waals surface area contributed by atoms with Crippen LogP contribution >= 0.6 is 23.2 Å². The van der Waals surface area contributed by atoms with Crippen molar-refractivity contribution in [2.24, 2.45) is 0 Å². The van der Waals surface area contributed by atoms with Gasteiger partial charge in [-0.3, -0.25) is 19.2 Å². The van der Waals surface area contributed by atoms with Crippen molar-refractivity contribution < 1.29 is 22.9 Å². The molecule has 0 aromatic heterocycles. The monoisotopic (exact) mass is 432 g/mol. The van der Waals surface area contributed by atoms with Gasteiger partial charge in [0.05, 0.1) is 32.2 Å². The van der Waals surface area contributed by atoms with Crippen LogP contribution in [0.5, 0.6) is 0 Å². The lowest BCUT2D eigenvalue weighted by atomic mass is 10.3. The van der Waals surface area contributed by atoms with Crippen molar-refractivity contribution in [2.45, 2.75) is 11.8 Å². The predicted molar refractivity (Wildman–Crippen MR) is 101 cm³/mol. The number of anilines is 1. The van der Waals surface area contributed by atoms with Crippen LogP contribution in [0.15, 0.2) is 47.4 Å². The number of rotatable bonds is 7. The van der Waals surface area contributed by atoms with E-state index in [0.717, 1.165) is 28.6 Å². The van der Waals surface area contributed by atoms with Crippen molar-refractivity contribution in [3.8, 4) is 0 Å². The molecule has 0 aliphatic carbocycles. The number of carbonyl (C=O) groups excluding carboxylic acids is 1. The van der Waals surface area contributed by atoms with Gasteiger partial charge in [-0.2, -0.15) is 0 Å². The number of hydrogen-bond donors (Lipinski definition) is 0. The maximum absolute atomic E-state index is 13.0. The normalized spacial score (nSPS) is 11.1. The molecule has 8 nitrogen and oxygen atoms in total. The Kier molecular flexibility index (Phi) is 6.63. The first-order valence-corrected chi connectivity index (χ1v) is 9.74. The molecule has 0 fully saturated rings. The number of nitro groups is 1. The van der Waals surface area contributed by atoms with Crippen LogP contribution in [0, 0.1) is 10.1 Å². The third-order valence-electron chi connectivity index (χ3n) is 3.40. The summed E-state index contributed by atoms with van der Waals surface area (Å²) in [7, 11) is -4.23. The van der Waals surface area contributed by atoms with E-state index in [-0.39, 0.29) is 32.9 Å². The summed E-state index contributed by atoms with van der Waals surface area (Å²) in [6.07, 6.45) is 0. The van der Waals surface area contributed by atoms with E-state index in [1.54, 1.807) is 6.92 Å². The zero-order valence-corrected chi connectivity index (χ0v) is 16.3. The van der Waals surface area contributed by atoms with Gasteiger partial charge in [0.25, 0.3) is 15.7 Å². The lowest BCUT2D eigenvalue weighted by Gasteiger charge is -2.24. The first kappa shape index (κ1) is 20.9. The van der Waals surface area contributed by atoms with Gasteiger partial charge in [-0.25, -0.2) is 8.42 Å². The Morgan fingerprint density at radius 2 is 1.78 bits per heavy atom. The highest BCUT2D eigenvalue weighted by atomic mass is 35.5. The SMILES string of the molecule is CCOC(=O)CN(c1ccc(Cl)c(Cl)c1)S(=O)(=O)c1ccc([N+](=O)[O-])cc1. The predicted octanol–water partition coefficient (Wildman–Crippen LogP) is 3.66. The zero-order chi connectivity index (χ0) is 20.2. The quantitative estimate of drug-likeness (QED) is 0.375. The van der Waals surface area contributed by atoms with Gasteiger partial charge in [-0.05, 0) is 37.3 Å². The average Bonchev–Trinajstić information content (AvgIpc) is 2.62. The van der Waals surface area contributed by atoms with E-state index in [9.17, 15) is 23.3 Å². The molecule has 0 aliphatic rings. The van der Waals surface area contributed by atoms with Gasteiger partial charge in [0, 0.05) is 12.1 Å². The summed E-state index contributed by atoms with van der Waals surface area (Å²) in [5.41, 5.74) is -0.170. The summed E-state index contributed by atoms with van der Waals surface area (Å²) < 4.78 is 31.7. The van der Waals surface area contributed by atoms with Crippen LogP contribution < -0.4 is 4.31 Å². The molecule has 2 rings (SSSR count). The van der Waals surface area contributed by atoms with Crippen LogP contribution in [0.4, 0.5) is 11.4 Å². The fourth-order valence-corrected chi connectivity index (χ4v) is 3.84. The van der Waals surface area contributed by atoms with Crippen LogP contribution in [0.25, 0.3) is 0 Å². The Morgan fingerprint density at radius 3 is 2.30 bits per heavy atom. The van der Waals surface area contributed by atoms with Crippen molar-refractivity contribution in [2.75, 3.05) is 17.5 Å². The smallest absolute Gasteiger partial charge is 0.326 e. The molecule has 27 heavy (non-hydrogen) atoms. The largest absolute Gasteiger partial charge is 0.465 e. The van der Waals surface area contributed by atoms with Gasteiger partial charge >= 0.3 is 5.97 Å². The van der Waals surface area contributed by atoms with Gasteiger partial charge in [-0.1, -0.05) is 23.2 Å². The minimum atomic E-state index is -4.23. The number of benzene rings is 2. The second-order valence-corrected chi connectivity index (χ2v) is 7.84. The summed E-state index contributed by atoms with van der Waals surface area (Å²) >= 11 is 11.8. The highest BCUT2D eigenvalue weighted by molar-refractivity contribution is 7.92. The topological polar surface area (TPSA) is 107 Å². The maximum atomic E-state index is 13.0. The molecule has 0 heterocycles. The fourth-order valence-electron chi connectivity index (χ4n) is 2.15. The molecule has 0 unspecified atom stereocenters. The molecule has 0 aliphatic heterocycles. The molecule has 144 valence electrons. The number of nitro benzene ring substituents is 1. The van der Waals surface area contributed by atoms with E-state index in [2.05, 4.69) is 0 Å². The van der Waals surface area contributed by atoms with E-state index < -0.39 is 27.5 Å². The van der Waals surface area contributed by atoms with Crippen LogP contribution in [-0.2, 0) is 19.6 Å². The Balaban J connectivity index is 2.51. The van der Waals surface area contributed by atoms with Crippen LogP contribution in [0.2, 0.25) is 10.0 Å². The lowest BCUT2D eigenvalue weighted by Crippen LogP contribution is -2.36. The molecule has 0 spiro atoms. The summed E-state index contributed by atoms with van der Waals surface area (Å²) in [5, 5.41) is 11.1. The molecule has 2 aromatic rings. The molecular formula is C16H14Cl2N2O6S. The molecular weight excluding hydrogens is 419 g/mol. The molecule has 2 aromatic carbocycles. The number of sulfonamides is 1. The first-order chi connectivity index (χ1) is 12.7. The molecule has 0 radical (unpaired) electrons. The summed E-state index contributed by atoms with van der Waals surface area (Å²) in [4.78, 5) is 21.8. The Hall–Kier alpha value is -2.36. The van der Waals surface area contributed by atoms with Gasteiger partial charge < -0.3 is 4.74 Å². The van der Waals surface area contributed by atoms with E-state index in [4.69, 9.17) is 27.9 Å². The maximum Gasteiger partial charge on any atom is 0.326 e. The Morgan fingerprint density at radius 1 is 1.15 bits per heavy atom. The van der Waals surface area contributed by atoms with Crippen LogP contribution in [0.1, 0.15) is 6.92 Å². The number of carbonyl (C=O) groups is 1. The third-order valence-corrected chi connectivity index (χ3v) is 5.93. The minimum absolute atomic E-state index is 0.0750. The summed E-state index contributed by atoms with van der Waals surface area (Å²) in [5.74, 6) is -0.769. The number of nitrogens with zero attached hydrogens (tertiary/aromatic N) is 2. The number of hydrogen-bond acceptors (Lipinski definition) is 6. The molecule has 0 saturated carbocycles. The Labute approximate surface area is 165 Å². The van der Waals surface area contributed by atoms with Crippen LogP contribution in [0.3, 0.4) is 0 Å². The molecule has 0 amide bonds. The van der Waals surface area contributed by atoms with E-state index in [1.165, 1.54) is 18.2 Å². The van der Waals surface area contributed by atoms with E-state index >= 15 is 0 Å². The lowest BCUT2D eigenvalue weighted by molar-refractivity contribution is -0.384. The molecule has 0 saturated heterocycles. The van der Waals surface area contributed by atoms with Crippen molar-refractivity contribution in [1.29, 1.82) is 0 Å². The second-order valence-electron chi connectivity index (χ2n) is 5.17. The highest BCUT2D eigenvalue weighted by Crippen LogP contribution is 2.31. The van der Waals surface area contributed by atoms with Crippen molar-refractivity contribution >= 4 is 50.6 Å². The number of esters is 1. The van der Waals surface area contributed by atoms with Gasteiger partial charge in [0.15, 0.2) is 0 Å².